The highest BCUT2D eigenvalue weighted by molar-refractivity contribution is 5.83. The zero-order chi connectivity index (χ0) is 10.6. The summed E-state index contributed by atoms with van der Waals surface area (Å²) in [7, 11) is 0. The molecule has 1 aliphatic rings. The molecule has 1 amide bonds. The number of carbonyl (C=O) groups is 2. The van der Waals surface area contributed by atoms with Crippen molar-refractivity contribution in [3.63, 3.8) is 0 Å². The number of amides is 1. The average Bonchev–Trinajstić information content (AvgIpc) is 1.99. The van der Waals surface area contributed by atoms with Crippen LogP contribution in [0.1, 0.15) is 19.3 Å². The monoisotopic (exact) mass is 197 g/mol. The van der Waals surface area contributed by atoms with E-state index in [0.717, 1.165) is 19.3 Å². The van der Waals surface area contributed by atoms with Crippen LogP contribution < -0.4 is 0 Å². The summed E-state index contributed by atoms with van der Waals surface area (Å²) in [6.45, 7) is 3.61. The highest BCUT2D eigenvalue weighted by Gasteiger charge is 2.29. The molecule has 0 saturated heterocycles. The summed E-state index contributed by atoms with van der Waals surface area (Å²) in [5.41, 5.74) is 0. The summed E-state index contributed by atoms with van der Waals surface area (Å²) in [5, 5.41) is 8.60. The molecule has 0 bridgehead atoms. The van der Waals surface area contributed by atoms with Crippen LogP contribution in [-0.4, -0.2) is 35.0 Å². The molecule has 4 nitrogen and oxygen atoms in total. The van der Waals surface area contributed by atoms with Crippen molar-refractivity contribution in [2.75, 3.05) is 13.1 Å². The van der Waals surface area contributed by atoms with Gasteiger partial charge in [0.2, 0.25) is 5.91 Å². The first-order valence-electron chi connectivity index (χ1n) is 4.76. The standard InChI is InChI=1S/C10H15NO3/c1-2-6-11(7-9(12)13)10(14)8-4-3-5-8/h2,8H,1,3-7H2,(H,12,13). The van der Waals surface area contributed by atoms with Gasteiger partial charge in [0.25, 0.3) is 0 Å². The van der Waals surface area contributed by atoms with E-state index in [1.165, 1.54) is 4.90 Å². The minimum absolute atomic E-state index is 0.0430. The number of hydrogen-bond donors (Lipinski definition) is 1. The molecule has 0 heterocycles. The summed E-state index contributed by atoms with van der Waals surface area (Å²) in [6, 6.07) is 0. The van der Waals surface area contributed by atoms with Crippen molar-refractivity contribution in [1.82, 2.24) is 4.90 Å². The van der Waals surface area contributed by atoms with E-state index in [1.807, 2.05) is 0 Å². The molecular formula is C10H15NO3. The van der Waals surface area contributed by atoms with Gasteiger partial charge in [-0.2, -0.15) is 0 Å². The third-order valence-corrected chi connectivity index (χ3v) is 2.44. The minimum Gasteiger partial charge on any atom is -0.480 e. The first-order chi connectivity index (χ1) is 6.65. The van der Waals surface area contributed by atoms with Gasteiger partial charge in [-0.3, -0.25) is 9.59 Å². The van der Waals surface area contributed by atoms with Crippen molar-refractivity contribution in [3.05, 3.63) is 12.7 Å². The van der Waals surface area contributed by atoms with Gasteiger partial charge in [-0.15, -0.1) is 6.58 Å². The second kappa shape index (κ2) is 4.79. The fourth-order valence-corrected chi connectivity index (χ4v) is 1.46. The van der Waals surface area contributed by atoms with E-state index < -0.39 is 5.97 Å². The molecule has 1 saturated carbocycles. The van der Waals surface area contributed by atoms with Gasteiger partial charge in [0.05, 0.1) is 0 Å². The smallest absolute Gasteiger partial charge is 0.323 e. The summed E-state index contributed by atoms with van der Waals surface area (Å²) in [6.07, 6.45) is 4.42. The Balaban J connectivity index is 2.50. The Kier molecular flexibility index (Phi) is 3.68. The second-order valence-corrected chi connectivity index (χ2v) is 3.53. The SMILES string of the molecule is C=CCN(CC(=O)O)C(=O)C1CCC1. The third kappa shape index (κ3) is 2.58. The molecule has 0 spiro atoms. The van der Waals surface area contributed by atoms with Crippen LogP contribution in [0.15, 0.2) is 12.7 Å². The molecule has 14 heavy (non-hydrogen) atoms. The number of carbonyl (C=O) groups excluding carboxylic acids is 1. The van der Waals surface area contributed by atoms with Crippen LogP contribution in [0.3, 0.4) is 0 Å². The van der Waals surface area contributed by atoms with E-state index in [0.29, 0.717) is 6.54 Å². The molecule has 0 radical (unpaired) electrons. The maximum Gasteiger partial charge on any atom is 0.323 e. The fourth-order valence-electron chi connectivity index (χ4n) is 1.46. The molecule has 1 rings (SSSR count). The van der Waals surface area contributed by atoms with Gasteiger partial charge in [-0.25, -0.2) is 0 Å². The van der Waals surface area contributed by atoms with Crippen molar-refractivity contribution in [1.29, 1.82) is 0 Å². The summed E-state index contributed by atoms with van der Waals surface area (Å²) in [4.78, 5) is 23.5. The quantitative estimate of drug-likeness (QED) is 0.666. The number of rotatable bonds is 5. The van der Waals surface area contributed by atoms with E-state index in [4.69, 9.17) is 5.11 Å². The Morgan fingerprint density at radius 3 is 2.50 bits per heavy atom. The van der Waals surface area contributed by atoms with E-state index in [9.17, 15) is 9.59 Å². The normalized spacial score (nSPS) is 15.7. The molecule has 0 aromatic heterocycles. The zero-order valence-electron chi connectivity index (χ0n) is 8.11. The van der Waals surface area contributed by atoms with Crippen molar-refractivity contribution in [2.24, 2.45) is 5.92 Å². The number of aliphatic carboxylic acids is 1. The molecule has 78 valence electrons. The van der Waals surface area contributed by atoms with Gasteiger partial charge in [-0.05, 0) is 12.8 Å². The van der Waals surface area contributed by atoms with Crippen LogP contribution in [-0.2, 0) is 9.59 Å². The Hall–Kier alpha value is -1.32. The van der Waals surface area contributed by atoms with Crippen LogP contribution in [0.2, 0.25) is 0 Å². The maximum atomic E-state index is 11.7. The van der Waals surface area contributed by atoms with Crippen LogP contribution in [0.5, 0.6) is 0 Å². The average molecular weight is 197 g/mol. The fraction of sp³-hybridized carbons (Fsp3) is 0.600. The zero-order valence-corrected chi connectivity index (χ0v) is 8.11. The second-order valence-electron chi connectivity index (χ2n) is 3.53. The maximum absolute atomic E-state index is 11.7. The van der Waals surface area contributed by atoms with Crippen LogP contribution in [0.4, 0.5) is 0 Å². The predicted octanol–water partition coefficient (Wildman–Crippen LogP) is 0.886. The number of carboxylic acid groups (broad SMARTS) is 1. The lowest BCUT2D eigenvalue weighted by Crippen LogP contribution is -2.41. The van der Waals surface area contributed by atoms with Crippen LogP contribution >= 0.6 is 0 Å². The van der Waals surface area contributed by atoms with Gasteiger partial charge in [0.15, 0.2) is 0 Å². The van der Waals surface area contributed by atoms with Crippen molar-refractivity contribution in [3.8, 4) is 0 Å². The largest absolute Gasteiger partial charge is 0.480 e. The van der Waals surface area contributed by atoms with Crippen molar-refractivity contribution in [2.45, 2.75) is 19.3 Å². The van der Waals surface area contributed by atoms with E-state index >= 15 is 0 Å². The molecule has 1 fully saturated rings. The van der Waals surface area contributed by atoms with Gasteiger partial charge >= 0.3 is 5.97 Å². The molecule has 0 aliphatic heterocycles. The molecule has 0 atom stereocenters. The first-order valence-corrected chi connectivity index (χ1v) is 4.76. The Bertz CT molecular complexity index is 246. The van der Waals surface area contributed by atoms with E-state index in [2.05, 4.69) is 6.58 Å². The topological polar surface area (TPSA) is 57.6 Å². The van der Waals surface area contributed by atoms with Gasteiger partial charge in [0, 0.05) is 12.5 Å². The lowest BCUT2D eigenvalue weighted by atomic mass is 9.84. The first kappa shape index (κ1) is 10.8. The highest BCUT2D eigenvalue weighted by atomic mass is 16.4. The minimum atomic E-state index is -0.973. The number of nitrogens with zero attached hydrogens (tertiary/aromatic N) is 1. The molecule has 1 N–H and O–H groups in total. The van der Waals surface area contributed by atoms with E-state index in [-0.39, 0.29) is 18.4 Å². The molecule has 0 aromatic rings. The van der Waals surface area contributed by atoms with Gasteiger partial charge < -0.3 is 10.0 Å². The van der Waals surface area contributed by atoms with Crippen molar-refractivity contribution >= 4 is 11.9 Å². The van der Waals surface area contributed by atoms with Crippen LogP contribution in [0, 0.1) is 5.92 Å². The van der Waals surface area contributed by atoms with E-state index in [1.54, 1.807) is 6.08 Å². The molecular weight excluding hydrogens is 182 g/mol. The summed E-state index contributed by atoms with van der Waals surface area (Å²) >= 11 is 0. The highest BCUT2D eigenvalue weighted by Crippen LogP contribution is 2.28. The Morgan fingerprint density at radius 1 is 1.50 bits per heavy atom. The lowest BCUT2D eigenvalue weighted by molar-refractivity contribution is -0.147. The summed E-state index contributed by atoms with van der Waals surface area (Å²) in [5.74, 6) is -0.965. The Labute approximate surface area is 83.2 Å². The molecule has 4 heteroatoms. The van der Waals surface area contributed by atoms with Gasteiger partial charge in [-0.1, -0.05) is 12.5 Å². The van der Waals surface area contributed by atoms with Crippen molar-refractivity contribution < 1.29 is 14.7 Å². The Morgan fingerprint density at radius 2 is 2.14 bits per heavy atom. The summed E-state index contributed by atoms with van der Waals surface area (Å²) < 4.78 is 0. The molecule has 1 aliphatic carbocycles. The molecule has 0 aromatic carbocycles. The third-order valence-electron chi connectivity index (χ3n) is 2.44. The van der Waals surface area contributed by atoms with Gasteiger partial charge in [0.1, 0.15) is 6.54 Å². The van der Waals surface area contributed by atoms with Crippen LogP contribution in [0.25, 0.3) is 0 Å². The lowest BCUT2D eigenvalue weighted by Gasteiger charge is -2.30. The number of hydrogen-bond acceptors (Lipinski definition) is 2. The number of carboxylic acids is 1. The predicted molar refractivity (Wildman–Crippen MR) is 51.8 cm³/mol. The molecule has 0 unspecified atom stereocenters.